The number of amides is 1. The molecule has 0 atom stereocenters. The third-order valence-corrected chi connectivity index (χ3v) is 8.79. The number of nitrogens with one attached hydrogen (secondary N) is 2. The molecule has 1 saturated carbocycles. The van der Waals surface area contributed by atoms with Crippen LogP contribution in [0.3, 0.4) is 0 Å². The summed E-state index contributed by atoms with van der Waals surface area (Å²) in [6.45, 7) is 7.68. The summed E-state index contributed by atoms with van der Waals surface area (Å²) in [5.74, 6) is -0.0679. The highest BCUT2D eigenvalue weighted by atomic mass is 35.5. The number of pyridine rings is 1. The van der Waals surface area contributed by atoms with Gasteiger partial charge in [-0.2, -0.15) is 0 Å². The molecule has 0 radical (unpaired) electrons. The van der Waals surface area contributed by atoms with Gasteiger partial charge in [-0.05, 0) is 61.9 Å². The van der Waals surface area contributed by atoms with E-state index >= 15 is 0 Å². The predicted molar refractivity (Wildman–Crippen MR) is 138 cm³/mol. The molecule has 180 valence electrons. The van der Waals surface area contributed by atoms with Crippen molar-refractivity contribution in [3.8, 4) is 11.1 Å². The van der Waals surface area contributed by atoms with E-state index < -0.39 is 15.4 Å². The van der Waals surface area contributed by atoms with Gasteiger partial charge in [-0.25, -0.2) is 13.4 Å². The van der Waals surface area contributed by atoms with Gasteiger partial charge in [0.05, 0.1) is 21.4 Å². The minimum absolute atomic E-state index is 0.160. The second-order valence-electron chi connectivity index (χ2n) is 9.31. The maximum absolute atomic E-state index is 13.3. The van der Waals surface area contributed by atoms with Crippen LogP contribution in [0.5, 0.6) is 0 Å². The standard InChI is InChI=1S/C24H27ClN4O3S2/c1-14(2)19-10-15(16-9-17(25)12-26-11-16)5-8-20(19)27-22(30)24(3,4)21-13-33-23(28-21)29-34(31,32)18-6-7-18/h5,8-14,18H,6-7H2,1-4H3,(H,27,30)(H,28,29). The lowest BCUT2D eigenvalue weighted by Crippen LogP contribution is -2.35. The van der Waals surface area contributed by atoms with Crippen molar-refractivity contribution in [3.63, 3.8) is 0 Å². The van der Waals surface area contributed by atoms with E-state index in [1.165, 1.54) is 11.3 Å². The van der Waals surface area contributed by atoms with Crippen molar-refractivity contribution in [1.82, 2.24) is 9.97 Å². The van der Waals surface area contributed by atoms with Crippen LogP contribution in [0.15, 0.2) is 42.0 Å². The number of hydrogen-bond acceptors (Lipinski definition) is 6. The molecule has 34 heavy (non-hydrogen) atoms. The minimum Gasteiger partial charge on any atom is -0.325 e. The number of carbonyl (C=O) groups excluding carboxylic acids is 1. The summed E-state index contributed by atoms with van der Waals surface area (Å²) in [5, 5.41) is 5.28. The van der Waals surface area contributed by atoms with Crippen LogP contribution in [-0.4, -0.2) is 29.5 Å². The molecule has 7 nitrogen and oxygen atoms in total. The fraction of sp³-hybridized carbons (Fsp3) is 0.375. The number of benzene rings is 1. The smallest absolute Gasteiger partial charge is 0.237 e. The molecule has 1 aliphatic carbocycles. The molecule has 1 aliphatic rings. The van der Waals surface area contributed by atoms with E-state index in [-0.39, 0.29) is 22.2 Å². The molecule has 1 fully saturated rings. The molecule has 3 aromatic rings. The van der Waals surface area contributed by atoms with Crippen LogP contribution >= 0.6 is 22.9 Å². The van der Waals surface area contributed by atoms with Crippen molar-refractivity contribution in [3.05, 3.63) is 58.3 Å². The van der Waals surface area contributed by atoms with Crippen molar-refractivity contribution in [2.24, 2.45) is 0 Å². The first-order chi connectivity index (χ1) is 16.0. The first-order valence-electron chi connectivity index (χ1n) is 11.0. The average molecular weight is 519 g/mol. The predicted octanol–water partition coefficient (Wildman–Crippen LogP) is 5.80. The molecular weight excluding hydrogens is 492 g/mol. The number of rotatable bonds is 8. The summed E-state index contributed by atoms with van der Waals surface area (Å²) in [5.41, 5.74) is 3.11. The highest BCUT2D eigenvalue weighted by molar-refractivity contribution is 7.93. The van der Waals surface area contributed by atoms with E-state index in [1.54, 1.807) is 31.6 Å². The van der Waals surface area contributed by atoms with Crippen LogP contribution in [0.4, 0.5) is 10.8 Å². The number of anilines is 2. The van der Waals surface area contributed by atoms with Gasteiger partial charge in [0.2, 0.25) is 15.9 Å². The molecule has 2 aromatic heterocycles. The molecule has 0 aliphatic heterocycles. The summed E-state index contributed by atoms with van der Waals surface area (Å²) < 4.78 is 27.0. The van der Waals surface area contributed by atoms with Crippen molar-refractivity contribution in [2.75, 3.05) is 10.0 Å². The van der Waals surface area contributed by atoms with Gasteiger partial charge >= 0.3 is 0 Å². The van der Waals surface area contributed by atoms with Gasteiger partial charge in [0.15, 0.2) is 5.13 Å². The maximum Gasteiger partial charge on any atom is 0.237 e. The Morgan fingerprint density at radius 1 is 1.18 bits per heavy atom. The van der Waals surface area contributed by atoms with Gasteiger partial charge < -0.3 is 5.32 Å². The Bertz CT molecular complexity index is 1330. The Morgan fingerprint density at radius 2 is 1.91 bits per heavy atom. The van der Waals surface area contributed by atoms with Gasteiger partial charge in [0.25, 0.3) is 0 Å². The van der Waals surface area contributed by atoms with Gasteiger partial charge in [0, 0.05) is 29.0 Å². The number of nitrogens with zero attached hydrogens (tertiary/aromatic N) is 2. The fourth-order valence-corrected chi connectivity index (χ4v) is 6.14. The van der Waals surface area contributed by atoms with E-state index in [2.05, 4.69) is 33.9 Å². The lowest BCUT2D eigenvalue weighted by atomic mass is 9.88. The molecule has 10 heteroatoms. The van der Waals surface area contributed by atoms with Gasteiger partial charge in [0.1, 0.15) is 0 Å². The number of hydrogen-bond donors (Lipinski definition) is 2. The number of thiazole rings is 1. The molecule has 0 bridgehead atoms. The Balaban J connectivity index is 1.55. The van der Waals surface area contributed by atoms with E-state index in [0.29, 0.717) is 23.6 Å². The Hall–Kier alpha value is -2.49. The summed E-state index contributed by atoms with van der Waals surface area (Å²) in [7, 11) is -3.40. The molecular formula is C24H27ClN4O3S2. The topological polar surface area (TPSA) is 101 Å². The van der Waals surface area contributed by atoms with Crippen LogP contribution in [0.25, 0.3) is 11.1 Å². The second-order valence-corrected chi connectivity index (χ2v) is 12.6. The third kappa shape index (κ3) is 5.26. The van der Waals surface area contributed by atoms with E-state index in [9.17, 15) is 13.2 Å². The van der Waals surface area contributed by atoms with Gasteiger partial charge in [-0.1, -0.05) is 31.5 Å². The summed E-state index contributed by atoms with van der Waals surface area (Å²) >= 11 is 7.28. The summed E-state index contributed by atoms with van der Waals surface area (Å²) in [6.07, 6.45) is 4.69. The molecule has 2 heterocycles. The van der Waals surface area contributed by atoms with Gasteiger partial charge in [-0.3, -0.25) is 14.5 Å². The highest BCUT2D eigenvalue weighted by Crippen LogP contribution is 2.35. The molecule has 0 saturated heterocycles. The third-order valence-electron chi connectivity index (χ3n) is 5.86. The molecule has 1 aromatic carbocycles. The van der Waals surface area contributed by atoms with Crippen LogP contribution < -0.4 is 10.0 Å². The number of sulfonamides is 1. The van der Waals surface area contributed by atoms with Gasteiger partial charge in [-0.15, -0.1) is 11.3 Å². The lowest BCUT2D eigenvalue weighted by Gasteiger charge is -2.23. The zero-order valence-corrected chi connectivity index (χ0v) is 21.8. The summed E-state index contributed by atoms with van der Waals surface area (Å²) in [6, 6.07) is 7.70. The quantitative estimate of drug-likeness (QED) is 0.392. The number of carbonyl (C=O) groups is 1. The Labute approximate surface area is 209 Å². The van der Waals surface area contributed by atoms with E-state index in [4.69, 9.17) is 11.6 Å². The zero-order valence-electron chi connectivity index (χ0n) is 19.4. The molecule has 4 rings (SSSR count). The van der Waals surface area contributed by atoms with Crippen molar-refractivity contribution >= 4 is 49.7 Å². The second kappa shape index (κ2) is 9.28. The summed E-state index contributed by atoms with van der Waals surface area (Å²) in [4.78, 5) is 21.9. The Morgan fingerprint density at radius 3 is 2.56 bits per heavy atom. The average Bonchev–Trinajstić information content (AvgIpc) is 3.54. The van der Waals surface area contributed by atoms with Crippen LogP contribution in [-0.2, 0) is 20.2 Å². The van der Waals surface area contributed by atoms with Crippen molar-refractivity contribution < 1.29 is 13.2 Å². The van der Waals surface area contributed by atoms with Crippen molar-refractivity contribution in [1.29, 1.82) is 0 Å². The Kier molecular flexibility index (Phi) is 6.72. The normalized spacial score (nSPS) is 14.3. The van der Waals surface area contributed by atoms with Crippen molar-refractivity contribution in [2.45, 2.75) is 57.1 Å². The fourth-order valence-electron chi connectivity index (χ4n) is 3.49. The minimum atomic E-state index is -3.40. The van der Waals surface area contributed by atoms with Crippen LogP contribution in [0.1, 0.15) is 57.7 Å². The largest absolute Gasteiger partial charge is 0.325 e. The lowest BCUT2D eigenvalue weighted by molar-refractivity contribution is -0.120. The highest BCUT2D eigenvalue weighted by Gasteiger charge is 2.37. The number of aromatic nitrogens is 2. The van der Waals surface area contributed by atoms with Crippen LogP contribution in [0, 0.1) is 0 Å². The first kappa shape index (κ1) is 24.6. The molecule has 1 amide bonds. The maximum atomic E-state index is 13.3. The molecule has 2 N–H and O–H groups in total. The SMILES string of the molecule is CC(C)c1cc(-c2cncc(Cl)c2)ccc1NC(=O)C(C)(C)c1csc(NS(=O)(=O)C2CC2)n1. The number of halogens is 1. The zero-order chi connectivity index (χ0) is 24.7. The monoisotopic (exact) mass is 518 g/mol. The van der Waals surface area contributed by atoms with Crippen LogP contribution in [0.2, 0.25) is 5.02 Å². The van der Waals surface area contributed by atoms with E-state index in [0.717, 1.165) is 22.4 Å². The molecule has 0 unspecified atom stereocenters. The first-order valence-corrected chi connectivity index (χ1v) is 13.8. The van der Waals surface area contributed by atoms with E-state index in [1.807, 2.05) is 24.3 Å². The molecule has 0 spiro atoms.